The van der Waals surface area contributed by atoms with E-state index >= 15 is 0 Å². The van der Waals surface area contributed by atoms with Crippen LogP contribution in [0.3, 0.4) is 0 Å². The molecule has 0 N–H and O–H groups in total. The molecule has 0 heterocycles. The summed E-state index contributed by atoms with van der Waals surface area (Å²) < 4.78 is 41.3. The van der Waals surface area contributed by atoms with Gasteiger partial charge in [0.25, 0.3) is 0 Å². The minimum atomic E-state index is -0.377. The molecule has 7 nitrogen and oxygen atoms in total. The third kappa shape index (κ3) is 37.9. The molecule has 0 bridgehead atoms. The topological polar surface area (TPSA) is 64.6 Å². The Morgan fingerprint density at radius 2 is 0.623 bits per heavy atom. The smallest absolute Gasteiger partial charge is 0.180 e. The van der Waals surface area contributed by atoms with Crippen LogP contribution in [0.2, 0.25) is 0 Å². The Hall–Kier alpha value is -0.800. The summed E-state index contributed by atoms with van der Waals surface area (Å²) in [6, 6.07) is 0. The minimum absolute atomic E-state index is 0.00399. The molecular formula is C46H90O7. The fourth-order valence-electron chi connectivity index (χ4n) is 6.20. The number of hydrogen-bond donors (Lipinski definition) is 0. The van der Waals surface area contributed by atoms with Gasteiger partial charge in [-0.25, -0.2) is 0 Å². The molecule has 0 amide bonds. The predicted molar refractivity (Wildman–Crippen MR) is 224 cm³/mol. The van der Waals surface area contributed by atoms with Crippen LogP contribution in [0.1, 0.15) is 208 Å². The maximum Gasteiger partial charge on any atom is 0.180 e. The first-order chi connectivity index (χ1) is 26.1. The van der Waals surface area contributed by atoms with Crippen LogP contribution in [-0.2, 0) is 33.2 Å². The number of hydrogen-bond acceptors (Lipinski definition) is 7. The van der Waals surface area contributed by atoms with Crippen molar-refractivity contribution in [2.24, 2.45) is 0 Å². The van der Waals surface area contributed by atoms with Crippen LogP contribution < -0.4 is 0 Å². The summed E-state index contributed by atoms with van der Waals surface area (Å²) in [6.45, 7) is 17.1. The molecule has 0 aromatic rings. The fourth-order valence-corrected chi connectivity index (χ4v) is 6.20. The van der Waals surface area contributed by atoms with Crippen LogP contribution in [0.15, 0.2) is 24.3 Å². The van der Waals surface area contributed by atoms with Crippen LogP contribution in [0.25, 0.3) is 0 Å². The summed E-state index contributed by atoms with van der Waals surface area (Å²) in [4.78, 5) is 0. The van der Waals surface area contributed by atoms with Gasteiger partial charge in [0, 0.05) is 39.6 Å². The van der Waals surface area contributed by atoms with E-state index in [1.807, 2.05) is 13.8 Å². The Bertz CT molecular complexity index is 669. The van der Waals surface area contributed by atoms with Crippen LogP contribution in [0, 0.1) is 0 Å². The van der Waals surface area contributed by atoms with Crippen molar-refractivity contribution in [3.63, 3.8) is 0 Å². The van der Waals surface area contributed by atoms with Gasteiger partial charge in [-0.15, -0.1) is 0 Å². The third-order valence-electron chi connectivity index (χ3n) is 9.17. The van der Waals surface area contributed by atoms with Crippen LogP contribution in [0.5, 0.6) is 0 Å². The molecule has 0 aromatic heterocycles. The summed E-state index contributed by atoms with van der Waals surface area (Å²) in [5.41, 5.74) is 0. The average molecular weight is 755 g/mol. The van der Waals surface area contributed by atoms with E-state index in [0.717, 1.165) is 77.8 Å². The molecule has 0 fully saturated rings. The monoisotopic (exact) mass is 755 g/mol. The first-order valence-electron chi connectivity index (χ1n) is 22.8. The van der Waals surface area contributed by atoms with E-state index in [1.165, 1.54) is 116 Å². The first-order valence-corrected chi connectivity index (χ1v) is 22.8. The maximum atomic E-state index is 6.18. The zero-order valence-corrected chi connectivity index (χ0v) is 36.1. The standard InChI is InChI=1S/C46H90O7/c1-7-39-49-43(50-40-8-2)35-31-27-23-19-15-13-17-21-25-29-33-37-45(47-11-5)53-46(48-12-6)38-34-30-26-22-18-14-16-20-24-28-32-36-44(51-41-9-3)52-42-10-4/h33-34,37-38,43-46H,7-32,35-36,39-42H2,1-6H3. The first kappa shape index (κ1) is 52.2. The van der Waals surface area contributed by atoms with E-state index in [-0.39, 0.29) is 25.2 Å². The van der Waals surface area contributed by atoms with Gasteiger partial charge in [0.2, 0.25) is 0 Å². The lowest BCUT2D eigenvalue weighted by Gasteiger charge is -2.20. The van der Waals surface area contributed by atoms with Gasteiger partial charge in [-0.3, -0.25) is 0 Å². The van der Waals surface area contributed by atoms with E-state index in [2.05, 4.69) is 52.0 Å². The molecule has 0 saturated heterocycles. The molecule has 0 aliphatic carbocycles. The van der Waals surface area contributed by atoms with Gasteiger partial charge in [0.05, 0.1) is 0 Å². The van der Waals surface area contributed by atoms with Gasteiger partial charge in [-0.05, 0) is 103 Å². The Morgan fingerprint density at radius 3 is 0.906 bits per heavy atom. The molecule has 2 unspecified atom stereocenters. The summed E-state index contributed by atoms with van der Waals surface area (Å²) >= 11 is 0. The van der Waals surface area contributed by atoms with Crippen molar-refractivity contribution in [3.05, 3.63) is 24.3 Å². The van der Waals surface area contributed by atoms with Crippen LogP contribution >= 0.6 is 0 Å². The number of rotatable bonds is 44. The Balaban J connectivity index is 3.99. The Morgan fingerprint density at radius 1 is 0.340 bits per heavy atom. The highest BCUT2D eigenvalue weighted by molar-refractivity contribution is 4.89. The number of allylic oxidation sites excluding steroid dienone is 2. The van der Waals surface area contributed by atoms with E-state index in [9.17, 15) is 0 Å². The highest BCUT2D eigenvalue weighted by Crippen LogP contribution is 2.16. The van der Waals surface area contributed by atoms with Crippen molar-refractivity contribution in [2.45, 2.75) is 234 Å². The molecule has 0 aromatic carbocycles. The molecule has 0 rings (SSSR count). The highest BCUT2D eigenvalue weighted by atomic mass is 16.8. The van der Waals surface area contributed by atoms with E-state index < -0.39 is 0 Å². The van der Waals surface area contributed by atoms with Gasteiger partial charge in [0.1, 0.15) is 0 Å². The second kappa shape index (κ2) is 43.9. The summed E-state index contributed by atoms with van der Waals surface area (Å²) in [7, 11) is 0. The van der Waals surface area contributed by atoms with Crippen molar-refractivity contribution in [2.75, 3.05) is 39.6 Å². The largest absolute Gasteiger partial charge is 0.353 e. The lowest BCUT2D eigenvalue weighted by atomic mass is 10.1. The van der Waals surface area contributed by atoms with Crippen molar-refractivity contribution >= 4 is 0 Å². The van der Waals surface area contributed by atoms with Gasteiger partial charge in [-0.1, -0.05) is 130 Å². The summed E-state index contributed by atoms with van der Waals surface area (Å²) in [5, 5.41) is 0. The van der Waals surface area contributed by atoms with Crippen molar-refractivity contribution in [1.82, 2.24) is 0 Å². The molecular weight excluding hydrogens is 664 g/mol. The molecule has 0 spiro atoms. The number of unbranched alkanes of at least 4 members (excludes halogenated alkanes) is 18. The van der Waals surface area contributed by atoms with Gasteiger partial charge < -0.3 is 33.2 Å². The summed E-state index contributed by atoms with van der Waals surface area (Å²) in [5.74, 6) is 0. The zero-order valence-electron chi connectivity index (χ0n) is 36.1. The highest BCUT2D eigenvalue weighted by Gasteiger charge is 2.13. The quantitative estimate of drug-likeness (QED) is 0.0349. The zero-order chi connectivity index (χ0) is 38.7. The molecule has 0 saturated carbocycles. The van der Waals surface area contributed by atoms with E-state index in [0.29, 0.717) is 13.2 Å². The molecule has 7 heteroatoms. The average Bonchev–Trinajstić information content (AvgIpc) is 3.16. The molecule has 0 aliphatic rings. The normalized spacial score (nSPS) is 13.4. The minimum Gasteiger partial charge on any atom is -0.353 e. The van der Waals surface area contributed by atoms with Gasteiger partial charge >= 0.3 is 0 Å². The maximum absolute atomic E-state index is 6.18. The number of ether oxygens (including phenoxy) is 7. The second-order valence-electron chi connectivity index (χ2n) is 14.5. The predicted octanol–water partition coefficient (Wildman–Crippen LogP) is 13.8. The Labute approximate surface area is 330 Å². The van der Waals surface area contributed by atoms with Crippen molar-refractivity contribution in [1.29, 1.82) is 0 Å². The molecule has 2 atom stereocenters. The lowest BCUT2D eigenvalue weighted by molar-refractivity contribution is -0.204. The lowest BCUT2D eigenvalue weighted by Crippen LogP contribution is -2.24. The molecule has 53 heavy (non-hydrogen) atoms. The Kier molecular flexibility index (Phi) is 43.3. The van der Waals surface area contributed by atoms with E-state index in [4.69, 9.17) is 33.2 Å². The van der Waals surface area contributed by atoms with Gasteiger partial charge in [0.15, 0.2) is 25.2 Å². The second-order valence-corrected chi connectivity index (χ2v) is 14.5. The molecule has 0 radical (unpaired) electrons. The van der Waals surface area contributed by atoms with Crippen molar-refractivity contribution < 1.29 is 33.2 Å². The third-order valence-corrected chi connectivity index (χ3v) is 9.17. The van der Waals surface area contributed by atoms with Gasteiger partial charge in [-0.2, -0.15) is 0 Å². The summed E-state index contributed by atoms with van der Waals surface area (Å²) in [6.07, 6.45) is 39.5. The molecule has 0 aliphatic heterocycles. The van der Waals surface area contributed by atoms with Crippen LogP contribution in [0.4, 0.5) is 0 Å². The van der Waals surface area contributed by atoms with E-state index in [1.54, 1.807) is 0 Å². The fraction of sp³-hybridized carbons (Fsp3) is 0.913. The van der Waals surface area contributed by atoms with Crippen molar-refractivity contribution in [3.8, 4) is 0 Å². The SMILES string of the molecule is CCCOC(CCCCCCCCCCCC=CC(OCC)OC(C=CCCCCCCCCCCCC(OCCC)OCCC)OCC)OCCC. The van der Waals surface area contributed by atoms with Crippen LogP contribution in [-0.4, -0.2) is 64.8 Å². The molecule has 316 valence electrons.